The number of benzene rings is 4. The van der Waals surface area contributed by atoms with E-state index in [0.717, 1.165) is 83.3 Å². The number of hydrogen-bond acceptors (Lipinski definition) is 5. The van der Waals surface area contributed by atoms with Gasteiger partial charge < -0.3 is 21.2 Å². The number of ether oxygens (including phenoxy) is 2. The zero-order valence-electron chi connectivity index (χ0n) is 26.4. The molecule has 1 heterocycles. The Morgan fingerprint density at radius 2 is 1.24 bits per heavy atom. The van der Waals surface area contributed by atoms with Crippen molar-refractivity contribution in [2.45, 2.75) is 57.8 Å². The van der Waals surface area contributed by atoms with Gasteiger partial charge in [-0.3, -0.25) is 9.59 Å². The van der Waals surface area contributed by atoms with E-state index in [-0.39, 0.29) is 41.4 Å². The van der Waals surface area contributed by atoms with Gasteiger partial charge in [-0.2, -0.15) is 0 Å². The van der Waals surface area contributed by atoms with Gasteiger partial charge in [0.15, 0.2) is 0 Å². The molecular formula is C39H36NNaO5. The SMILES string of the molecule is [CH2-]CCOc1ccc2c(c1)CCc1c3c(c4c(c1-2)-c1ccc(OCCCCCC=O)cc1CC4)C(=O)N(c1ccccc1)C3=O.[Na+]. The number of carbonyl (C=O) groups is 3. The second-order valence-corrected chi connectivity index (χ2v) is 11.9. The monoisotopic (exact) mass is 621 g/mol. The third-order valence-electron chi connectivity index (χ3n) is 9.18. The van der Waals surface area contributed by atoms with E-state index in [4.69, 9.17) is 9.47 Å². The van der Waals surface area contributed by atoms with Crippen LogP contribution in [0.4, 0.5) is 5.69 Å². The molecule has 0 saturated heterocycles. The number of hydrogen-bond donors (Lipinski definition) is 0. The van der Waals surface area contributed by atoms with Crippen LogP contribution in [0, 0.1) is 6.92 Å². The van der Waals surface area contributed by atoms with Crippen LogP contribution >= 0.6 is 0 Å². The molecule has 7 rings (SSSR count). The summed E-state index contributed by atoms with van der Waals surface area (Å²) < 4.78 is 12.0. The molecule has 0 atom stereocenters. The molecule has 0 bridgehead atoms. The third-order valence-corrected chi connectivity index (χ3v) is 9.18. The first kappa shape index (κ1) is 32.2. The molecule has 1 aliphatic heterocycles. The number of para-hydroxylation sites is 1. The molecule has 4 aromatic carbocycles. The summed E-state index contributed by atoms with van der Waals surface area (Å²) in [5.41, 5.74) is 10.3. The fourth-order valence-electron chi connectivity index (χ4n) is 7.17. The quantitative estimate of drug-likeness (QED) is 0.0794. The topological polar surface area (TPSA) is 72.9 Å². The Kier molecular flexibility index (Phi) is 9.78. The number of aldehydes is 1. The van der Waals surface area contributed by atoms with Crippen LogP contribution in [0.25, 0.3) is 22.3 Å². The van der Waals surface area contributed by atoms with Crippen molar-refractivity contribution in [1.82, 2.24) is 0 Å². The van der Waals surface area contributed by atoms with E-state index >= 15 is 0 Å². The van der Waals surface area contributed by atoms with Crippen molar-refractivity contribution in [3.63, 3.8) is 0 Å². The molecule has 0 spiro atoms. The van der Waals surface area contributed by atoms with Crippen molar-refractivity contribution in [2.24, 2.45) is 0 Å². The maximum absolute atomic E-state index is 14.2. The molecule has 0 saturated carbocycles. The maximum atomic E-state index is 14.2. The minimum atomic E-state index is -0.235. The van der Waals surface area contributed by atoms with Gasteiger partial charge >= 0.3 is 29.6 Å². The number of imide groups is 1. The van der Waals surface area contributed by atoms with E-state index in [0.29, 0.717) is 55.7 Å². The summed E-state index contributed by atoms with van der Waals surface area (Å²) >= 11 is 0. The van der Waals surface area contributed by atoms with Crippen molar-refractivity contribution in [3.8, 4) is 33.8 Å². The molecule has 6 nitrogen and oxygen atoms in total. The largest absolute Gasteiger partial charge is 1.00 e. The van der Waals surface area contributed by atoms with E-state index in [9.17, 15) is 14.4 Å². The zero-order valence-corrected chi connectivity index (χ0v) is 28.4. The first-order valence-electron chi connectivity index (χ1n) is 16.0. The number of amides is 2. The summed E-state index contributed by atoms with van der Waals surface area (Å²) in [6, 6.07) is 21.8. The number of nitrogens with zero attached hydrogens (tertiary/aromatic N) is 1. The molecule has 2 aliphatic carbocycles. The molecule has 0 aromatic heterocycles. The summed E-state index contributed by atoms with van der Waals surface area (Å²) in [4.78, 5) is 40.3. The van der Waals surface area contributed by atoms with E-state index in [1.54, 1.807) is 0 Å². The number of rotatable bonds is 11. The van der Waals surface area contributed by atoms with Crippen molar-refractivity contribution >= 4 is 23.8 Å². The van der Waals surface area contributed by atoms with E-state index in [1.165, 1.54) is 16.0 Å². The summed E-state index contributed by atoms with van der Waals surface area (Å²) in [6.07, 6.45) is 7.84. The molecule has 0 N–H and O–H groups in total. The van der Waals surface area contributed by atoms with Crippen molar-refractivity contribution in [3.05, 3.63) is 107 Å². The van der Waals surface area contributed by atoms with Gasteiger partial charge in [-0.05, 0) is 126 Å². The van der Waals surface area contributed by atoms with Gasteiger partial charge in [0.25, 0.3) is 11.8 Å². The summed E-state index contributed by atoms with van der Waals surface area (Å²) in [5, 5.41) is 0. The van der Waals surface area contributed by atoms with Crippen molar-refractivity contribution in [2.75, 3.05) is 18.1 Å². The van der Waals surface area contributed by atoms with Crippen molar-refractivity contribution < 1.29 is 53.4 Å². The van der Waals surface area contributed by atoms with E-state index in [2.05, 4.69) is 31.2 Å². The summed E-state index contributed by atoms with van der Waals surface area (Å²) in [6.45, 7) is 5.05. The van der Waals surface area contributed by atoms with Crippen LogP contribution in [-0.4, -0.2) is 31.3 Å². The Labute approximate surface area is 292 Å². The Hall–Kier alpha value is -3.71. The number of aryl methyl sites for hydroxylation is 2. The van der Waals surface area contributed by atoms with Crippen LogP contribution in [0.2, 0.25) is 0 Å². The molecule has 228 valence electrons. The molecular weight excluding hydrogens is 585 g/mol. The zero-order chi connectivity index (χ0) is 30.9. The first-order valence-corrected chi connectivity index (χ1v) is 16.0. The van der Waals surface area contributed by atoms with Crippen LogP contribution in [0.5, 0.6) is 11.5 Å². The van der Waals surface area contributed by atoms with Crippen molar-refractivity contribution in [1.29, 1.82) is 0 Å². The molecule has 3 aliphatic rings. The van der Waals surface area contributed by atoms with Gasteiger partial charge in [0.2, 0.25) is 0 Å². The van der Waals surface area contributed by atoms with Gasteiger partial charge in [0.1, 0.15) is 17.8 Å². The van der Waals surface area contributed by atoms with Gasteiger partial charge in [0, 0.05) is 6.42 Å². The summed E-state index contributed by atoms with van der Waals surface area (Å²) in [5.74, 6) is 1.19. The second kappa shape index (κ2) is 14.0. The van der Waals surface area contributed by atoms with Crippen LogP contribution in [0.3, 0.4) is 0 Å². The average Bonchev–Trinajstić information content (AvgIpc) is 3.34. The van der Waals surface area contributed by atoms with Gasteiger partial charge in [-0.15, -0.1) is 6.42 Å². The first-order chi connectivity index (χ1) is 22.1. The fourth-order valence-corrected chi connectivity index (χ4v) is 7.17. The second-order valence-electron chi connectivity index (χ2n) is 11.9. The number of anilines is 1. The Bertz CT molecular complexity index is 1820. The van der Waals surface area contributed by atoms with E-state index < -0.39 is 0 Å². The van der Waals surface area contributed by atoms with Crippen LogP contribution in [0.15, 0.2) is 66.7 Å². The fraction of sp³-hybridized carbons (Fsp3) is 0.282. The Morgan fingerprint density at radius 3 is 1.78 bits per heavy atom. The van der Waals surface area contributed by atoms with Crippen LogP contribution in [0.1, 0.15) is 75.1 Å². The minimum absolute atomic E-state index is 0. The molecule has 0 fully saturated rings. The van der Waals surface area contributed by atoms with E-state index in [1.807, 2.05) is 42.5 Å². The van der Waals surface area contributed by atoms with Gasteiger partial charge in [-0.1, -0.05) is 30.3 Å². The molecule has 46 heavy (non-hydrogen) atoms. The van der Waals surface area contributed by atoms with Crippen LogP contribution in [-0.2, 0) is 30.5 Å². The molecule has 4 aromatic rings. The summed E-state index contributed by atoms with van der Waals surface area (Å²) in [7, 11) is 0. The smallest absolute Gasteiger partial charge is 0.496 e. The number of unbranched alkanes of at least 4 members (excludes halogenated alkanes) is 3. The number of fused-ring (bicyclic) bond motifs is 10. The molecule has 0 unspecified atom stereocenters. The van der Waals surface area contributed by atoms with Gasteiger partial charge in [-0.25, -0.2) is 4.90 Å². The molecule has 7 heteroatoms. The molecule has 0 radical (unpaired) electrons. The van der Waals surface area contributed by atoms with Gasteiger partial charge in [0.05, 0.1) is 30.0 Å². The molecule has 2 amide bonds. The Morgan fingerprint density at radius 1 is 0.674 bits per heavy atom. The van der Waals surface area contributed by atoms with Crippen LogP contribution < -0.4 is 43.9 Å². The predicted octanol–water partition coefficient (Wildman–Crippen LogP) is 4.76. The maximum Gasteiger partial charge on any atom is 1.00 e. The minimum Gasteiger partial charge on any atom is -0.496 e. The third kappa shape index (κ3) is 5.72. The Balaban J connectivity index is 0.00000372. The average molecular weight is 622 g/mol. The normalized spacial score (nSPS) is 14.0. The standard InChI is InChI=1S/C39H36NO5.Na/c1-2-21-44-28-14-18-30-25(23-28)12-16-32-34(30)35-31-19-15-29(45-22-9-4-3-8-20-41)24-26(31)13-17-33(35)37-36(32)38(42)40(39(37)43)27-10-6-5-7-11-27;/h5-7,10-11,14-15,18-20,23-24H,1-4,8-9,12-13,16-17,21-22H2;/q-1;+1. The number of carbonyl (C=O) groups excluding carboxylic acids is 3. The predicted molar refractivity (Wildman–Crippen MR) is 175 cm³/mol.